The quantitative estimate of drug-likeness (QED) is 0.576. The zero-order chi connectivity index (χ0) is 13.1. The van der Waals surface area contributed by atoms with E-state index >= 15 is 0 Å². The Labute approximate surface area is 98.4 Å². The third kappa shape index (κ3) is 3.74. The highest BCUT2D eigenvalue weighted by Crippen LogP contribution is 2.11. The molecule has 0 aromatic carbocycles. The van der Waals surface area contributed by atoms with E-state index in [0.717, 1.165) is 0 Å². The van der Waals surface area contributed by atoms with Crippen molar-refractivity contribution in [3.8, 4) is 0 Å². The molecule has 1 heterocycles. The van der Waals surface area contributed by atoms with Crippen molar-refractivity contribution < 1.29 is 9.59 Å². The van der Waals surface area contributed by atoms with Crippen LogP contribution in [0.5, 0.6) is 0 Å². The fourth-order valence-corrected chi connectivity index (χ4v) is 0.995. The van der Waals surface area contributed by atoms with Gasteiger partial charge in [-0.15, -0.1) is 5.10 Å². The lowest BCUT2D eigenvalue weighted by atomic mass is 9.93. The highest BCUT2D eigenvalue weighted by atomic mass is 16.2. The van der Waals surface area contributed by atoms with E-state index in [1.165, 1.54) is 11.0 Å². The summed E-state index contributed by atoms with van der Waals surface area (Å²) in [5.41, 5.74) is 9.70. The SMILES string of the molecule is CC(C)(CNC(=O)Cn1cnc(N)n1)C(N)=O. The number of hydrogen-bond acceptors (Lipinski definition) is 5. The zero-order valence-corrected chi connectivity index (χ0v) is 9.80. The van der Waals surface area contributed by atoms with Crippen molar-refractivity contribution in [2.75, 3.05) is 12.3 Å². The van der Waals surface area contributed by atoms with Crippen LogP contribution in [0.3, 0.4) is 0 Å². The molecule has 0 saturated carbocycles. The number of nitrogens with zero attached hydrogens (tertiary/aromatic N) is 3. The van der Waals surface area contributed by atoms with E-state index in [-0.39, 0.29) is 24.9 Å². The third-order valence-electron chi connectivity index (χ3n) is 2.25. The van der Waals surface area contributed by atoms with E-state index in [1.54, 1.807) is 13.8 Å². The van der Waals surface area contributed by atoms with Crippen LogP contribution in [0.1, 0.15) is 13.8 Å². The maximum atomic E-state index is 11.5. The van der Waals surface area contributed by atoms with Crippen molar-refractivity contribution in [3.63, 3.8) is 0 Å². The van der Waals surface area contributed by atoms with Crippen LogP contribution in [-0.2, 0) is 16.1 Å². The summed E-state index contributed by atoms with van der Waals surface area (Å²) >= 11 is 0. The van der Waals surface area contributed by atoms with Gasteiger partial charge in [-0.3, -0.25) is 9.59 Å². The van der Waals surface area contributed by atoms with Crippen LogP contribution in [0.4, 0.5) is 5.95 Å². The van der Waals surface area contributed by atoms with E-state index in [2.05, 4.69) is 15.4 Å². The Bertz CT molecular complexity index is 425. The number of nitrogen functional groups attached to an aromatic ring is 1. The predicted octanol–water partition coefficient (Wildman–Crippen LogP) is -1.51. The molecule has 1 aromatic rings. The Kier molecular flexibility index (Phi) is 3.66. The minimum atomic E-state index is -0.781. The monoisotopic (exact) mass is 240 g/mol. The predicted molar refractivity (Wildman–Crippen MR) is 60.4 cm³/mol. The summed E-state index contributed by atoms with van der Waals surface area (Å²) < 4.78 is 1.31. The molecule has 0 bridgehead atoms. The van der Waals surface area contributed by atoms with Crippen molar-refractivity contribution >= 4 is 17.8 Å². The number of aromatic nitrogens is 3. The summed E-state index contributed by atoms with van der Waals surface area (Å²) in [6.45, 7) is 3.48. The van der Waals surface area contributed by atoms with E-state index < -0.39 is 11.3 Å². The number of amides is 2. The molecular formula is C9H16N6O2. The van der Waals surface area contributed by atoms with Crippen molar-refractivity contribution in [2.45, 2.75) is 20.4 Å². The first-order valence-electron chi connectivity index (χ1n) is 5.03. The molecule has 0 aliphatic carbocycles. The molecule has 0 aliphatic heterocycles. The van der Waals surface area contributed by atoms with Gasteiger partial charge in [0.25, 0.3) is 0 Å². The molecule has 2 amide bonds. The summed E-state index contributed by atoms with van der Waals surface area (Å²) in [5.74, 6) is -0.651. The molecule has 8 nitrogen and oxygen atoms in total. The standard InChI is InChI=1S/C9H16N6O2/c1-9(2,7(10)17)4-12-6(16)3-15-5-13-8(11)14-15/h5H,3-4H2,1-2H3,(H2,10,17)(H2,11,14)(H,12,16). The molecule has 1 rings (SSSR count). The summed E-state index contributed by atoms with van der Waals surface area (Å²) in [4.78, 5) is 26.2. The van der Waals surface area contributed by atoms with Crippen LogP contribution in [-0.4, -0.2) is 33.1 Å². The Hall–Kier alpha value is -2.12. The normalized spacial score (nSPS) is 11.2. The first-order valence-corrected chi connectivity index (χ1v) is 5.03. The van der Waals surface area contributed by atoms with Gasteiger partial charge in [0.1, 0.15) is 12.9 Å². The number of anilines is 1. The number of hydrogen-bond donors (Lipinski definition) is 3. The summed E-state index contributed by atoms with van der Waals surface area (Å²) in [6, 6.07) is 0. The van der Waals surface area contributed by atoms with Gasteiger partial charge in [-0.2, -0.15) is 0 Å². The second-order valence-corrected chi connectivity index (χ2v) is 4.33. The minimum Gasteiger partial charge on any atom is -0.369 e. The molecule has 0 atom stereocenters. The highest BCUT2D eigenvalue weighted by Gasteiger charge is 2.25. The molecular weight excluding hydrogens is 224 g/mol. The van der Waals surface area contributed by atoms with Gasteiger partial charge in [-0.25, -0.2) is 9.67 Å². The number of nitrogens with one attached hydrogen (secondary N) is 1. The van der Waals surface area contributed by atoms with Crippen molar-refractivity contribution in [1.82, 2.24) is 20.1 Å². The van der Waals surface area contributed by atoms with Crippen LogP contribution < -0.4 is 16.8 Å². The maximum absolute atomic E-state index is 11.5. The molecule has 8 heteroatoms. The number of carbonyl (C=O) groups is 2. The molecule has 0 unspecified atom stereocenters. The summed E-state index contributed by atoms with van der Waals surface area (Å²) in [5, 5.41) is 6.35. The minimum absolute atomic E-state index is 0.000950. The molecule has 1 aromatic heterocycles. The lowest BCUT2D eigenvalue weighted by Gasteiger charge is -2.20. The van der Waals surface area contributed by atoms with Crippen LogP contribution in [0.15, 0.2) is 6.33 Å². The van der Waals surface area contributed by atoms with Gasteiger partial charge in [0.2, 0.25) is 17.8 Å². The molecule has 0 radical (unpaired) electrons. The Morgan fingerprint density at radius 1 is 1.53 bits per heavy atom. The molecule has 17 heavy (non-hydrogen) atoms. The third-order valence-corrected chi connectivity index (χ3v) is 2.25. The van der Waals surface area contributed by atoms with Crippen LogP contribution in [0.25, 0.3) is 0 Å². The lowest BCUT2D eigenvalue weighted by Crippen LogP contribution is -2.43. The van der Waals surface area contributed by atoms with Crippen molar-refractivity contribution in [2.24, 2.45) is 11.1 Å². The van der Waals surface area contributed by atoms with Gasteiger partial charge in [0.15, 0.2) is 0 Å². The van der Waals surface area contributed by atoms with E-state index in [0.29, 0.717) is 0 Å². The molecule has 0 saturated heterocycles. The average molecular weight is 240 g/mol. The summed E-state index contributed by atoms with van der Waals surface area (Å²) in [6.07, 6.45) is 1.36. The van der Waals surface area contributed by atoms with E-state index in [1.807, 2.05) is 0 Å². The Morgan fingerprint density at radius 2 is 2.18 bits per heavy atom. The maximum Gasteiger partial charge on any atom is 0.241 e. The van der Waals surface area contributed by atoms with Crippen LogP contribution >= 0.6 is 0 Å². The Balaban J connectivity index is 2.43. The number of nitrogens with two attached hydrogens (primary N) is 2. The van der Waals surface area contributed by atoms with Gasteiger partial charge >= 0.3 is 0 Å². The van der Waals surface area contributed by atoms with Gasteiger partial charge in [0.05, 0.1) is 5.41 Å². The topological polar surface area (TPSA) is 129 Å². The molecule has 0 spiro atoms. The smallest absolute Gasteiger partial charge is 0.241 e. The number of primary amides is 1. The van der Waals surface area contributed by atoms with Crippen molar-refractivity contribution in [3.05, 3.63) is 6.33 Å². The first kappa shape index (κ1) is 12.9. The summed E-state index contributed by atoms with van der Waals surface area (Å²) in [7, 11) is 0. The van der Waals surface area contributed by atoms with E-state index in [4.69, 9.17) is 11.5 Å². The lowest BCUT2D eigenvalue weighted by molar-refractivity contribution is -0.127. The Morgan fingerprint density at radius 3 is 2.65 bits per heavy atom. The van der Waals surface area contributed by atoms with Gasteiger partial charge in [-0.1, -0.05) is 0 Å². The van der Waals surface area contributed by atoms with Crippen LogP contribution in [0.2, 0.25) is 0 Å². The number of rotatable bonds is 5. The van der Waals surface area contributed by atoms with Gasteiger partial charge < -0.3 is 16.8 Å². The molecule has 0 aliphatic rings. The fourth-order valence-electron chi connectivity index (χ4n) is 0.995. The van der Waals surface area contributed by atoms with Crippen LogP contribution in [0, 0.1) is 5.41 Å². The highest BCUT2D eigenvalue weighted by molar-refractivity contribution is 5.81. The second-order valence-electron chi connectivity index (χ2n) is 4.33. The largest absolute Gasteiger partial charge is 0.369 e. The molecule has 0 fully saturated rings. The number of carbonyl (C=O) groups excluding carboxylic acids is 2. The van der Waals surface area contributed by atoms with E-state index in [9.17, 15) is 9.59 Å². The zero-order valence-electron chi connectivity index (χ0n) is 9.80. The van der Waals surface area contributed by atoms with Gasteiger partial charge in [0, 0.05) is 6.54 Å². The molecule has 94 valence electrons. The van der Waals surface area contributed by atoms with Crippen molar-refractivity contribution in [1.29, 1.82) is 0 Å². The average Bonchev–Trinajstić information content (AvgIpc) is 2.61. The second kappa shape index (κ2) is 4.81. The fraction of sp³-hybridized carbons (Fsp3) is 0.556. The van der Waals surface area contributed by atoms with Gasteiger partial charge in [-0.05, 0) is 13.8 Å². The first-order chi connectivity index (χ1) is 7.81. The molecule has 5 N–H and O–H groups in total.